The SMILES string of the molecule is OCc1ccccc1-c1ccc(C(F)F)c(Br)c1. The van der Waals surface area contributed by atoms with Crippen molar-refractivity contribution in [1.82, 2.24) is 0 Å². The lowest BCUT2D eigenvalue weighted by molar-refractivity contribution is 0.150. The fourth-order valence-corrected chi connectivity index (χ4v) is 2.36. The molecule has 0 heterocycles. The van der Waals surface area contributed by atoms with Gasteiger partial charge in [-0.05, 0) is 22.8 Å². The summed E-state index contributed by atoms with van der Waals surface area (Å²) in [5.41, 5.74) is 2.40. The summed E-state index contributed by atoms with van der Waals surface area (Å²) >= 11 is 3.15. The fourth-order valence-electron chi connectivity index (χ4n) is 1.81. The molecule has 0 bridgehead atoms. The Bertz CT molecular complexity index is 555. The van der Waals surface area contributed by atoms with Crippen molar-refractivity contribution in [2.24, 2.45) is 0 Å². The molecule has 0 saturated carbocycles. The number of hydrogen-bond acceptors (Lipinski definition) is 1. The van der Waals surface area contributed by atoms with Crippen LogP contribution in [0.1, 0.15) is 17.6 Å². The standard InChI is InChI=1S/C14H11BrF2O/c15-13-7-9(5-6-12(13)14(16)17)11-4-2-1-3-10(11)8-18/h1-7,14,18H,8H2. The summed E-state index contributed by atoms with van der Waals surface area (Å²) in [6, 6.07) is 12.0. The summed E-state index contributed by atoms with van der Waals surface area (Å²) in [7, 11) is 0. The Morgan fingerprint density at radius 1 is 1.11 bits per heavy atom. The fraction of sp³-hybridized carbons (Fsp3) is 0.143. The molecule has 0 spiro atoms. The first-order valence-electron chi connectivity index (χ1n) is 5.40. The van der Waals surface area contributed by atoms with Crippen molar-refractivity contribution in [2.75, 3.05) is 0 Å². The number of alkyl halides is 2. The van der Waals surface area contributed by atoms with Gasteiger partial charge in [0, 0.05) is 10.0 Å². The molecular formula is C14H11BrF2O. The molecule has 18 heavy (non-hydrogen) atoms. The molecular weight excluding hydrogens is 302 g/mol. The molecule has 1 nitrogen and oxygen atoms in total. The second-order valence-corrected chi connectivity index (χ2v) is 4.71. The zero-order valence-corrected chi connectivity index (χ0v) is 11.0. The topological polar surface area (TPSA) is 20.2 Å². The van der Waals surface area contributed by atoms with Crippen LogP contribution < -0.4 is 0 Å². The minimum atomic E-state index is -2.50. The predicted molar refractivity (Wildman–Crippen MR) is 70.5 cm³/mol. The lowest BCUT2D eigenvalue weighted by Gasteiger charge is -2.10. The molecule has 0 aromatic heterocycles. The van der Waals surface area contributed by atoms with Gasteiger partial charge in [-0.1, -0.05) is 52.3 Å². The second kappa shape index (κ2) is 5.59. The molecule has 0 unspecified atom stereocenters. The molecule has 0 aliphatic carbocycles. The largest absolute Gasteiger partial charge is 0.392 e. The van der Waals surface area contributed by atoms with E-state index in [0.717, 1.165) is 16.7 Å². The van der Waals surface area contributed by atoms with Crippen LogP contribution in [-0.4, -0.2) is 5.11 Å². The summed E-state index contributed by atoms with van der Waals surface area (Å²) in [6.45, 7) is -0.0790. The third-order valence-electron chi connectivity index (χ3n) is 2.73. The molecule has 1 N–H and O–H groups in total. The van der Waals surface area contributed by atoms with Crippen LogP contribution in [0, 0.1) is 0 Å². The normalized spacial score (nSPS) is 10.9. The maximum absolute atomic E-state index is 12.6. The molecule has 0 amide bonds. The number of aliphatic hydroxyl groups is 1. The number of hydrogen-bond donors (Lipinski definition) is 1. The molecule has 0 atom stereocenters. The molecule has 0 radical (unpaired) electrons. The van der Waals surface area contributed by atoms with Gasteiger partial charge in [0.15, 0.2) is 0 Å². The Hall–Kier alpha value is -1.26. The Balaban J connectivity index is 2.49. The van der Waals surface area contributed by atoms with Crippen LogP contribution in [0.4, 0.5) is 8.78 Å². The van der Waals surface area contributed by atoms with Crippen molar-refractivity contribution in [2.45, 2.75) is 13.0 Å². The van der Waals surface area contributed by atoms with Gasteiger partial charge in [0.2, 0.25) is 0 Å². The predicted octanol–water partition coefficient (Wildman–Crippen LogP) is 4.55. The van der Waals surface area contributed by atoms with E-state index < -0.39 is 6.43 Å². The average molecular weight is 313 g/mol. The number of benzene rings is 2. The minimum Gasteiger partial charge on any atom is -0.392 e. The highest BCUT2D eigenvalue weighted by Crippen LogP contribution is 2.32. The van der Waals surface area contributed by atoms with Gasteiger partial charge in [0.1, 0.15) is 0 Å². The van der Waals surface area contributed by atoms with Gasteiger partial charge in [-0.15, -0.1) is 0 Å². The molecule has 2 aromatic rings. The monoisotopic (exact) mass is 312 g/mol. The maximum Gasteiger partial charge on any atom is 0.264 e. The third-order valence-corrected chi connectivity index (χ3v) is 3.42. The summed E-state index contributed by atoms with van der Waals surface area (Å²) in [5, 5.41) is 9.26. The average Bonchev–Trinajstić information content (AvgIpc) is 2.38. The van der Waals surface area contributed by atoms with Crippen molar-refractivity contribution in [3.8, 4) is 11.1 Å². The highest BCUT2D eigenvalue weighted by Gasteiger charge is 2.13. The Morgan fingerprint density at radius 3 is 2.44 bits per heavy atom. The van der Waals surface area contributed by atoms with Crippen molar-refractivity contribution >= 4 is 15.9 Å². The summed E-state index contributed by atoms with van der Waals surface area (Å²) < 4.78 is 25.7. The van der Waals surface area contributed by atoms with E-state index in [-0.39, 0.29) is 12.2 Å². The number of rotatable bonds is 3. The van der Waals surface area contributed by atoms with Crippen LogP contribution in [0.3, 0.4) is 0 Å². The van der Waals surface area contributed by atoms with Crippen LogP contribution in [0.25, 0.3) is 11.1 Å². The third kappa shape index (κ3) is 2.60. The van der Waals surface area contributed by atoms with E-state index in [9.17, 15) is 13.9 Å². The second-order valence-electron chi connectivity index (χ2n) is 3.85. The Kier molecular flexibility index (Phi) is 4.09. The van der Waals surface area contributed by atoms with Crippen molar-refractivity contribution < 1.29 is 13.9 Å². The minimum absolute atomic E-state index is 0.0276. The first-order valence-corrected chi connectivity index (χ1v) is 6.19. The van der Waals surface area contributed by atoms with Gasteiger partial charge in [0.25, 0.3) is 6.43 Å². The van der Waals surface area contributed by atoms with E-state index in [4.69, 9.17) is 0 Å². The van der Waals surface area contributed by atoms with Gasteiger partial charge >= 0.3 is 0 Å². The molecule has 0 aliphatic heterocycles. The highest BCUT2D eigenvalue weighted by atomic mass is 79.9. The smallest absolute Gasteiger partial charge is 0.264 e. The lowest BCUT2D eigenvalue weighted by Crippen LogP contribution is -1.91. The van der Waals surface area contributed by atoms with Gasteiger partial charge in [0.05, 0.1) is 6.61 Å². The van der Waals surface area contributed by atoms with E-state index in [1.165, 1.54) is 6.07 Å². The van der Waals surface area contributed by atoms with E-state index in [2.05, 4.69) is 15.9 Å². The first-order chi connectivity index (χ1) is 8.63. The van der Waals surface area contributed by atoms with Gasteiger partial charge in [-0.2, -0.15) is 0 Å². The first kappa shape index (κ1) is 13.2. The van der Waals surface area contributed by atoms with Gasteiger partial charge < -0.3 is 5.11 Å². The molecule has 2 rings (SSSR count). The molecule has 94 valence electrons. The van der Waals surface area contributed by atoms with Gasteiger partial charge in [-0.3, -0.25) is 0 Å². The van der Waals surface area contributed by atoms with Crippen LogP contribution >= 0.6 is 15.9 Å². The number of aliphatic hydroxyl groups excluding tert-OH is 1. The van der Waals surface area contributed by atoms with Crippen LogP contribution in [0.2, 0.25) is 0 Å². The van der Waals surface area contributed by atoms with Crippen LogP contribution in [-0.2, 0) is 6.61 Å². The molecule has 0 aliphatic rings. The van der Waals surface area contributed by atoms with Crippen molar-refractivity contribution in [3.63, 3.8) is 0 Å². The summed E-state index contributed by atoms with van der Waals surface area (Å²) in [5.74, 6) is 0. The lowest BCUT2D eigenvalue weighted by atomic mass is 9.99. The quantitative estimate of drug-likeness (QED) is 0.881. The highest BCUT2D eigenvalue weighted by molar-refractivity contribution is 9.10. The molecule has 0 saturated heterocycles. The van der Waals surface area contributed by atoms with Crippen molar-refractivity contribution in [3.05, 3.63) is 58.1 Å². The molecule has 2 aromatic carbocycles. The summed E-state index contributed by atoms with van der Waals surface area (Å²) in [4.78, 5) is 0. The number of halogens is 3. The van der Waals surface area contributed by atoms with E-state index >= 15 is 0 Å². The van der Waals surface area contributed by atoms with Gasteiger partial charge in [-0.25, -0.2) is 8.78 Å². The van der Waals surface area contributed by atoms with Crippen LogP contribution in [0.15, 0.2) is 46.9 Å². The summed E-state index contributed by atoms with van der Waals surface area (Å²) in [6.07, 6.45) is -2.50. The van der Waals surface area contributed by atoms with E-state index in [0.29, 0.717) is 4.47 Å². The van der Waals surface area contributed by atoms with E-state index in [1.807, 2.05) is 24.3 Å². The zero-order chi connectivity index (χ0) is 13.1. The van der Waals surface area contributed by atoms with E-state index in [1.54, 1.807) is 12.1 Å². The molecule has 4 heteroatoms. The van der Waals surface area contributed by atoms with Crippen LogP contribution in [0.5, 0.6) is 0 Å². The zero-order valence-electron chi connectivity index (χ0n) is 9.41. The Labute approximate surface area is 112 Å². The maximum atomic E-state index is 12.6. The Morgan fingerprint density at radius 2 is 1.83 bits per heavy atom. The molecule has 0 fully saturated rings. The van der Waals surface area contributed by atoms with Crippen molar-refractivity contribution in [1.29, 1.82) is 0 Å².